The summed E-state index contributed by atoms with van der Waals surface area (Å²) >= 11 is 0. The number of carbonyl (C=O) groups excluding carboxylic acids is 3. The van der Waals surface area contributed by atoms with Gasteiger partial charge in [0.25, 0.3) is 0 Å². The van der Waals surface area contributed by atoms with Gasteiger partial charge in [-0.1, -0.05) is 0 Å². The highest BCUT2D eigenvalue weighted by Gasteiger charge is 2.34. The van der Waals surface area contributed by atoms with Crippen LogP contribution < -0.4 is 5.32 Å². The Kier molecular flexibility index (Phi) is 6.22. The van der Waals surface area contributed by atoms with Crippen LogP contribution in [0.3, 0.4) is 0 Å². The fourth-order valence-corrected chi connectivity index (χ4v) is 1.96. The molecule has 8 heteroatoms. The summed E-state index contributed by atoms with van der Waals surface area (Å²) in [5, 5.41) is 2.44. The number of ether oxygens (including phenoxy) is 4. The van der Waals surface area contributed by atoms with E-state index in [0.29, 0.717) is 0 Å². The minimum atomic E-state index is -1.15. The Morgan fingerprint density at radius 1 is 1.29 bits per heavy atom. The van der Waals surface area contributed by atoms with Crippen LogP contribution in [0.5, 0.6) is 0 Å². The Labute approximate surface area is 141 Å². The molecule has 0 aromatic heterocycles. The van der Waals surface area contributed by atoms with Gasteiger partial charge < -0.3 is 24.3 Å². The predicted molar refractivity (Wildman–Crippen MR) is 83.7 cm³/mol. The Morgan fingerprint density at radius 2 is 1.92 bits per heavy atom. The third-order valence-corrected chi connectivity index (χ3v) is 2.67. The molecule has 1 aliphatic rings. The van der Waals surface area contributed by atoms with Crippen LogP contribution in [0.1, 0.15) is 48.0 Å². The molecule has 1 atom stereocenters. The summed E-state index contributed by atoms with van der Waals surface area (Å²) in [6, 6.07) is -1.05. The molecule has 1 amide bonds. The normalized spacial score (nSPS) is 17.8. The minimum Gasteiger partial charge on any atom is -0.464 e. The van der Waals surface area contributed by atoms with Crippen LogP contribution >= 0.6 is 0 Å². The van der Waals surface area contributed by atoms with E-state index in [1.807, 2.05) is 0 Å². The molecular weight excluding hydrogens is 318 g/mol. The van der Waals surface area contributed by atoms with Gasteiger partial charge in [0.1, 0.15) is 17.4 Å². The molecule has 0 aliphatic carbocycles. The lowest BCUT2D eigenvalue weighted by molar-refractivity contribution is -0.206. The van der Waals surface area contributed by atoms with E-state index in [2.05, 4.69) is 5.32 Å². The molecule has 0 unspecified atom stereocenters. The average Bonchev–Trinajstić information content (AvgIpc) is 2.33. The second-order valence-electron chi connectivity index (χ2n) is 6.69. The largest absolute Gasteiger partial charge is 0.464 e. The van der Waals surface area contributed by atoms with Crippen LogP contribution in [0.4, 0.5) is 4.79 Å². The summed E-state index contributed by atoms with van der Waals surface area (Å²) < 4.78 is 20.6. The van der Waals surface area contributed by atoms with Crippen LogP contribution in [0.2, 0.25) is 0 Å². The number of carbonyl (C=O) groups is 3. The predicted octanol–water partition coefficient (Wildman–Crippen LogP) is 2.03. The maximum Gasteiger partial charge on any atom is 0.408 e. The standard InChI is InChI=1S/C16H25NO7/c1-7-21-13(19)11(17-14(20)24-15(2,3)4)8-10-9-12(18)23-16(5,6)22-10/h9,11H,7-8H2,1-6H3,(H,17,20)/t11-/m1/s1. The molecular formula is C16H25NO7. The first kappa shape index (κ1) is 19.8. The lowest BCUT2D eigenvalue weighted by Crippen LogP contribution is -2.45. The second kappa shape index (κ2) is 7.55. The van der Waals surface area contributed by atoms with E-state index in [1.54, 1.807) is 41.5 Å². The monoisotopic (exact) mass is 343 g/mol. The Balaban J connectivity index is 2.85. The Bertz CT molecular complexity index is 531. The van der Waals surface area contributed by atoms with Gasteiger partial charge in [0, 0.05) is 20.3 Å². The summed E-state index contributed by atoms with van der Waals surface area (Å²) in [6.45, 7) is 10.1. The van der Waals surface area contributed by atoms with Gasteiger partial charge in [0.2, 0.25) is 5.79 Å². The first-order chi connectivity index (χ1) is 10.9. The van der Waals surface area contributed by atoms with E-state index in [1.165, 1.54) is 0 Å². The van der Waals surface area contributed by atoms with E-state index in [9.17, 15) is 14.4 Å². The van der Waals surface area contributed by atoms with Gasteiger partial charge in [-0.25, -0.2) is 14.4 Å². The molecule has 136 valence electrons. The fourth-order valence-electron chi connectivity index (χ4n) is 1.96. The summed E-state index contributed by atoms with van der Waals surface area (Å²) in [4.78, 5) is 35.6. The van der Waals surface area contributed by atoms with Crippen LogP contribution in [0.25, 0.3) is 0 Å². The number of rotatable bonds is 5. The zero-order chi connectivity index (χ0) is 18.5. The van der Waals surface area contributed by atoms with Crippen LogP contribution in [-0.2, 0) is 28.5 Å². The van der Waals surface area contributed by atoms with Gasteiger partial charge in [0.05, 0.1) is 12.7 Å². The number of hydrogen-bond donors (Lipinski definition) is 1. The summed E-state index contributed by atoms with van der Waals surface area (Å²) in [7, 11) is 0. The summed E-state index contributed by atoms with van der Waals surface area (Å²) in [5.74, 6) is -2.16. The van der Waals surface area contributed by atoms with Gasteiger partial charge in [-0.3, -0.25) is 0 Å². The van der Waals surface area contributed by atoms with E-state index >= 15 is 0 Å². The molecule has 8 nitrogen and oxygen atoms in total. The second-order valence-corrected chi connectivity index (χ2v) is 6.69. The number of cyclic esters (lactones) is 1. The summed E-state index contributed by atoms with van der Waals surface area (Å²) in [5.41, 5.74) is -0.713. The molecule has 0 aromatic rings. The van der Waals surface area contributed by atoms with Crippen molar-refractivity contribution in [2.24, 2.45) is 0 Å². The highest BCUT2D eigenvalue weighted by atomic mass is 16.7. The third kappa shape index (κ3) is 6.89. The smallest absolute Gasteiger partial charge is 0.408 e. The first-order valence-corrected chi connectivity index (χ1v) is 7.70. The molecule has 0 saturated carbocycles. The highest BCUT2D eigenvalue weighted by Crippen LogP contribution is 2.25. The molecule has 0 bridgehead atoms. The van der Waals surface area contributed by atoms with Crippen molar-refractivity contribution >= 4 is 18.0 Å². The number of esters is 2. The van der Waals surface area contributed by atoms with Crippen molar-refractivity contribution < 1.29 is 33.3 Å². The topological polar surface area (TPSA) is 100 Å². The lowest BCUT2D eigenvalue weighted by Gasteiger charge is -2.31. The molecule has 0 fully saturated rings. The molecule has 1 N–H and O–H groups in total. The number of alkyl carbamates (subject to hydrolysis) is 1. The molecule has 1 heterocycles. The van der Waals surface area contributed by atoms with Crippen molar-refractivity contribution in [2.75, 3.05) is 6.61 Å². The third-order valence-electron chi connectivity index (χ3n) is 2.67. The van der Waals surface area contributed by atoms with Gasteiger partial charge in [-0.2, -0.15) is 0 Å². The van der Waals surface area contributed by atoms with Crippen LogP contribution in [0, 0.1) is 0 Å². The summed E-state index contributed by atoms with van der Waals surface area (Å²) in [6.07, 6.45) is 0.309. The first-order valence-electron chi connectivity index (χ1n) is 7.70. The van der Waals surface area contributed by atoms with E-state index in [4.69, 9.17) is 18.9 Å². The van der Waals surface area contributed by atoms with Crippen molar-refractivity contribution in [1.29, 1.82) is 0 Å². The van der Waals surface area contributed by atoms with Gasteiger partial charge in [-0.15, -0.1) is 0 Å². The van der Waals surface area contributed by atoms with E-state index in [0.717, 1.165) is 6.08 Å². The van der Waals surface area contributed by atoms with Crippen molar-refractivity contribution in [1.82, 2.24) is 5.32 Å². The number of nitrogens with one attached hydrogen (secondary N) is 1. The van der Waals surface area contributed by atoms with Crippen molar-refractivity contribution in [3.05, 3.63) is 11.8 Å². The molecule has 0 spiro atoms. The molecule has 1 rings (SSSR count). The molecule has 0 saturated heterocycles. The molecule has 0 aromatic carbocycles. The SMILES string of the molecule is CCOC(=O)[C@@H](CC1=CC(=O)OC(C)(C)O1)NC(=O)OC(C)(C)C. The minimum absolute atomic E-state index is 0.0589. The number of hydrogen-bond acceptors (Lipinski definition) is 7. The number of amides is 1. The maximum absolute atomic E-state index is 12.1. The lowest BCUT2D eigenvalue weighted by atomic mass is 10.1. The maximum atomic E-state index is 12.1. The van der Waals surface area contributed by atoms with Gasteiger partial charge >= 0.3 is 18.0 Å². The Hall–Kier alpha value is -2.25. The highest BCUT2D eigenvalue weighted by molar-refractivity contribution is 5.85. The van der Waals surface area contributed by atoms with E-state index < -0.39 is 35.5 Å². The van der Waals surface area contributed by atoms with Crippen molar-refractivity contribution in [3.8, 4) is 0 Å². The average molecular weight is 343 g/mol. The molecule has 0 radical (unpaired) electrons. The van der Waals surface area contributed by atoms with Crippen molar-refractivity contribution in [2.45, 2.75) is 65.4 Å². The van der Waals surface area contributed by atoms with Gasteiger partial charge in [-0.05, 0) is 27.7 Å². The quantitative estimate of drug-likeness (QED) is 0.602. The van der Waals surface area contributed by atoms with E-state index in [-0.39, 0.29) is 18.8 Å². The van der Waals surface area contributed by atoms with Crippen molar-refractivity contribution in [3.63, 3.8) is 0 Å². The molecule has 1 aliphatic heterocycles. The zero-order valence-electron chi connectivity index (χ0n) is 14.9. The molecule has 24 heavy (non-hydrogen) atoms. The zero-order valence-corrected chi connectivity index (χ0v) is 14.9. The fraction of sp³-hybridized carbons (Fsp3) is 0.688. The van der Waals surface area contributed by atoms with Crippen LogP contribution in [0.15, 0.2) is 11.8 Å². The Morgan fingerprint density at radius 3 is 2.42 bits per heavy atom. The van der Waals surface area contributed by atoms with Gasteiger partial charge in [0.15, 0.2) is 0 Å². The van der Waals surface area contributed by atoms with Crippen LogP contribution in [-0.4, -0.2) is 42.1 Å².